The molecule has 6 rings (SSSR count). The van der Waals surface area contributed by atoms with Gasteiger partial charge in [-0.2, -0.15) is 5.26 Å². The Balaban J connectivity index is 1.33. The predicted molar refractivity (Wildman–Crippen MR) is 125 cm³/mol. The van der Waals surface area contributed by atoms with Crippen LogP contribution in [0.4, 0.5) is 0 Å². The molecule has 6 nitrogen and oxygen atoms in total. The van der Waals surface area contributed by atoms with Gasteiger partial charge < -0.3 is 4.90 Å². The molecule has 2 saturated carbocycles. The number of hydrogen-bond acceptors (Lipinski definition) is 6. The molecule has 5 aliphatic rings. The normalized spacial score (nSPS) is 35.6. The van der Waals surface area contributed by atoms with E-state index in [0.29, 0.717) is 29.0 Å². The summed E-state index contributed by atoms with van der Waals surface area (Å²) >= 11 is 0. The Bertz CT molecular complexity index is 1050. The van der Waals surface area contributed by atoms with E-state index in [9.17, 15) is 4.79 Å². The van der Waals surface area contributed by atoms with E-state index in [1.807, 2.05) is 12.1 Å². The summed E-state index contributed by atoms with van der Waals surface area (Å²) < 4.78 is 0. The summed E-state index contributed by atoms with van der Waals surface area (Å²) in [4.78, 5) is 31.0. The van der Waals surface area contributed by atoms with Gasteiger partial charge in [-0.25, -0.2) is 0 Å². The van der Waals surface area contributed by atoms with Gasteiger partial charge in [0.25, 0.3) is 0 Å². The number of ketones is 1. The van der Waals surface area contributed by atoms with Gasteiger partial charge in [0, 0.05) is 36.2 Å². The maximum atomic E-state index is 13.5. The molecule has 6 heteroatoms. The lowest BCUT2D eigenvalue weighted by molar-refractivity contribution is 0.0589. The summed E-state index contributed by atoms with van der Waals surface area (Å²) in [5.74, 6) is 2.36. The minimum atomic E-state index is -0.241. The Morgan fingerprint density at radius 3 is 2.69 bits per heavy atom. The average molecular weight is 428 g/mol. The lowest BCUT2D eigenvalue weighted by Crippen LogP contribution is -2.61. The maximum absolute atomic E-state index is 13.5. The Morgan fingerprint density at radius 2 is 1.94 bits per heavy atom. The minimum Gasteiger partial charge on any atom is -0.348 e. The van der Waals surface area contributed by atoms with Crippen LogP contribution in [0.25, 0.3) is 0 Å². The van der Waals surface area contributed by atoms with E-state index >= 15 is 0 Å². The molecule has 0 radical (unpaired) electrons. The Morgan fingerprint density at radius 1 is 1.09 bits per heavy atom. The number of amidine groups is 1. The number of fused-ring (bicyclic) bond motifs is 2. The van der Waals surface area contributed by atoms with Crippen LogP contribution < -0.4 is 0 Å². The summed E-state index contributed by atoms with van der Waals surface area (Å²) in [7, 11) is 0. The second-order valence-corrected chi connectivity index (χ2v) is 10.1. The zero-order valence-electron chi connectivity index (χ0n) is 18.4. The van der Waals surface area contributed by atoms with Gasteiger partial charge in [0.15, 0.2) is 5.78 Å². The van der Waals surface area contributed by atoms with Gasteiger partial charge in [-0.1, -0.05) is 18.6 Å². The van der Waals surface area contributed by atoms with Crippen LogP contribution in [0, 0.1) is 29.1 Å². The third kappa shape index (κ3) is 2.97. The van der Waals surface area contributed by atoms with Crippen molar-refractivity contribution in [3.63, 3.8) is 0 Å². The number of hydrogen-bond donors (Lipinski definition) is 0. The van der Waals surface area contributed by atoms with E-state index in [-0.39, 0.29) is 23.3 Å². The van der Waals surface area contributed by atoms with Gasteiger partial charge in [0.2, 0.25) is 0 Å². The molecular formula is C26H29N5O. The molecule has 32 heavy (non-hydrogen) atoms. The third-order valence-electron chi connectivity index (χ3n) is 8.57. The first kappa shape index (κ1) is 19.8. The summed E-state index contributed by atoms with van der Waals surface area (Å²) in [6, 6.07) is 9.91. The van der Waals surface area contributed by atoms with E-state index in [2.05, 4.69) is 23.4 Å². The number of benzene rings is 1. The molecule has 5 atom stereocenters. The first-order chi connectivity index (χ1) is 15.7. The zero-order chi connectivity index (χ0) is 21.7. The molecule has 0 bridgehead atoms. The summed E-state index contributed by atoms with van der Waals surface area (Å²) in [5.41, 5.74) is 1.06. The highest BCUT2D eigenvalue weighted by Crippen LogP contribution is 2.50. The van der Waals surface area contributed by atoms with Crippen molar-refractivity contribution < 1.29 is 4.79 Å². The topological polar surface area (TPSA) is 81.2 Å². The molecule has 1 spiro atoms. The fourth-order valence-corrected chi connectivity index (χ4v) is 6.68. The van der Waals surface area contributed by atoms with Crippen LogP contribution in [0.1, 0.15) is 60.9 Å². The molecular weight excluding hydrogens is 398 g/mol. The predicted octanol–water partition coefficient (Wildman–Crippen LogP) is 3.71. The minimum absolute atomic E-state index is 0.0307. The molecule has 3 aliphatic heterocycles. The smallest absolute Gasteiger partial charge is 0.166 e. The molecule has 0 aromatic heterocycles. The quantitative estimate of drug-likeness (QED) is 0.690. The van der Waals surface area contributed by atoms with Gasteiger partial charge >= 0.3 is 0 Å². The molecule has 2 fully saturated rings. The SMILES string of the molecule is N#Cc1ccc(C(=O)C2CCC3C=NCC4N5C(=NC34C2)CC=NCC5C2CCC2)cc1. The van der Waals surface area contributed by atoms with E-state index in [1.54, 1.807) is 12.1 Å². The van der Waals surface area contributed by atoms with Crippen molar-refractivity contribution in [2.45, 2.75) is 62.6 Å². The van der Waals surface area contributed by atoms with E-state index in [1.165, 1.54) is 25.1 Å². The first-order valence-corrected chi connectivity index (χ1v) is 12.1. The van der Waals surface area contributed by atoms with Crippen LogP contribution in [-0.4, -0.2) is 59.7 Å². The van der Waals surface area contributed by atoms with Gasteiger partial charge in [-0.3, -0.25) is 19.8 Å². The number of Topliss-reactive ketones (excluding diaryl/α,β-unsaturated/α-hetero) is 1. The maximum Gasteiger partial charge on any atom is 0.166 e. The zero-order valence-corrected chi connectivity index (χ0v) is 18.4. The molecule has 1 aromatic rings. The highest BCUT2D eigenvalue weighted by molar-refractivity contribution is 5.99. The van der Waals surface area contributed by atoms with E-state index in [0.717, 1.165) is 38.8 Å². The van der Waals surface area contributed by atoms with Gasteiger partial charge in [-0.15, -0.1) is 0 Å². The molecule has 0 N–H and O–H groups in total. The number of aliphatic imine (C=N–C) groups is 3. The number of carbonyl (C=O) groups is 1. The van der Waals surface area contributed by atoms with Crippen LogP contribution in [0.15, 0.2) is 39.2 Å². The van der Waals surface area contributed by atoms with Crippen molar-refractivity contribution >= 4 is 24.0 Å². The first-order valence-electron chi connectivity index (χ1n) is 12.1. The van der Waals surface area contributed by atoms with Gasteiger partial charge in [0.1, 0.15) is 5.84 Å². The molecule has 0 saturated heterocycles. The lowest BCUT2D eigenvalue weighted by atomic mass is 9.63. The van der Waals surface area contributed by atoms with E-state index < -0.39 is 0 Å². The lowest BCUT2D eigenvalue weighted by Gasteiger charge is -2.50. The molecule has 5 unspecified atom stereocenters. The van der Waals surface area contributed by atoms with Crippen molar-refractivity contribution in [3.05, 3.63) is 35.4 Å². The largest absolute Gasteiger partial charge is 0.348 e. The molecule has 2 aliphatic carbocycles. The monoisotopic (exact) mass is 427 g/mol. The van der Waals surface area contributed by atoms with Crippen molar-refractivity contribution in [1.29, 1.82) is 5.26 Å². The number of nitrogens with zero attached hydrogens (tertiary/aromatic N) is 5. The molecule has 164 valence electrons. The Kier molecular flexibility index (Phi) is 4.74. The fourth-order valence-electron chi connectivity index (χ4n) is 6.68. The summed E-state index contributed by atoms with van der Waals surface area (Å²) in [6.07, 6.45) is 11.5. The summed E-state index contributed by atoms with van der Waals surface area (Å²) in [6.45, 7) is 1.63. The molecule has 1 aromatic carbocycles. The fraction of sp³-hybridized carbons (Fsp3) is 0.577. The number of nitriles is 1. The third-order valence-corrected chi connectivity index (χ3v) is 8.57. The average Bonchev–Trinajstić information content (AvgIpc) is 2.98. The standard InChI is InChI=1S/C26H29N5O/c27-13-17-4-6-19(7-5-17)25(32)20-8-9-21-14-29-16-23-26(21,12-20)30-24-10-11-28-15-22(31(23)24)18-2-1-3-18/h4-7,11,14,18,20-23H,1-3,8-10,12,15-16H2. The number of carbonyl (C=O) groups excluding carboxylic acids is 1. The second kappa shape index (κ2) is 7.65. The van der Waals surface area contributed by atoms with Crippen molar-refractivity contribution in [3.8, 4) is 6.07 Å². The summed E-state index contributed by atoms with van der Waals surface area (Å²) in [5, 5.41) is 9.08. The van der Waals surface area contributed by atoms with Gasteiger partial charge in [0.05, 0.1) is 42.3 Å². The molecule has 3 heterocycles. The van der Waals surface area contributed by atoms with E-state index in [4.69, 9.17) is 20.2 Å². The van der Waals surface area contributed by atoms with Crippen molar-refractivity contribution in [2.75, 3.05) is 13.1 Å². The van der Waals surface area contributed by atoms with Crippen LogP contribution in [0.5, 0.6) is 0 Å². The van der Waals surface area contributed by atoms with Crippen LogP contribution in [0.2, 0.25) is 0 Å². The Labute approximate surface area is 189 Å². The van der Waals surface area contributed by atoms with Crippen molar-refractivity contribution in [2.24, 2.45) is 32.7 Å². The van der Waals surface area contributed by atoms with Crippen LogP contribution in [-0.2, 0) is 0 Å². The van der Waals surface area contributed by atoms with Crippen LogP contribution >= 0.6 is 0 Å². The second-order valence-electron chi connectivity index (χ2n) is 10.1. The molecule has 0 amide bonds. The highest BCUT2D eigenvalue weighted by Gasteiger charge is 2.59. The van der Waals surface area contributed by atoms with Gasteiger partial charge in [-0.05, 0) is 50.2 Å². The number of rotatable bonds is 3. The highest BCUT2D eigenvalue weighted by atomic mass is 16.1. The Hall–Kier alpha value is -2.81. The van der Waals surface area contributed by atoms with Crippen molar-refractivity contribution in [1.82, 2.24) is 4.90 Å². The van der Waals surface area contributed by atoms with Crippen LogP contribution in [0.3, 0.4) is 0 Å².